The SMILES string of the molecule is CC.CC(C)(C)OC=O.CCC(C)CC(F)(CC1(C)CCC1)C(=O)O. The van der Waals surface area contributed by atoms with E-state index in [1.54, 1.807) is 0 Å². The standard InChI is InChI=1S/C13H23FO2.C5H10O2.C2H6/c1-4-10(2)8-13(14,11(15)16)9-12(3)6-5-7-12;1-5(2,3)7-4-6;1-2/h10H,4-9H2,1-3H3,(H,15,16);4H,1-3H3;1-2H3. The third kappa shape index (κ3) is 11.2. The average Bonchev–Trinajstić information content (AvgIpc) is 2.46. The van der Waals surface area contributed by atoms with Crippen LogP contribution in [-0.2, 0) is 14.3 Å². The predicted octanol–water partition coefficient (Wildman–Crippen LogP) is 5.78. The molecular formula is C20H39FO4. The number of alkyl halides is 1. The third-order valence-corrected chi connectivity index (χ3v) is 4.42. The van der Waals surface area contributed by atoms with Crippen molar-refractivity contribution in [2.45, 2.75) is 105 Å². The maximum absolute atomic E-state index is 14.5. The molecule has 0 aromatic rings. The zero-order valence-corrected chi connectivity index (χ0v) is 17.4. The van der Waals surface area contributed by atoms with E-state index in [1.807, 2.05) is 55.4 Å². The van der Waals surface area contributed by atoms with Crippen LogP contribution >= 0.6 is 0 Å². The summed E-state index contributed by atoms with van der Waals surface area (Å²) in [5.74, 6) is -1.15. The van der Waals surface area contributed by atoms with Gasteiger partial charge in [0.25, 0.3) is 6.47 Å². The van der Waals surface area contributed by atoms with Crippen molar-refractivity contribution < 1.29 is 23.8 Å². The Morgan fingerprint density at radius 1 is 1.32 bits per heavy atom. The molecule has 0 aromatic carbocycles. The molecule has 1 fully saturated rings. The number of carboxylic acid groups (broad SMARTS) is 1. The smallest absolute Gasteiger partial charge is 0.341 e. The van der Waals surface area contributed by atoms with Gasteiger partial charge in [0.2, 0.25) is 5.67 Å². The minimum atomic E-state index is -2.02. The van der Waals surface area contributed by atoms with Gasteiger partial charge in [-0.15, -0.1) is 0 Å². The zero-order chi connectivity index (χ0) is 20.3. The van der Waals surface area contributed by atoms with Crippen LogP contribution in [0.3, 0.4) is 0 Å². The Bertz CT molecular complexity index is 386. The molecule has 1 aliphatic rings. The largest absolute Gasteiger partial charge is 0.479 e. The van der Waals surface area contributed by atoms with Crippen molar-refractivity contribution in [2.24, 2.45) is 11.3 Å². The van der Waals surface area contributed by atoms with Crippen molar-refractivity contribution in [2.75, 3.05) is 0 Å². The second-order valence-electron chi connectivity index (χ2n) is 8.16. The van der Waals surface area contributed by atoms with E-state index in [0.29, 0.717) is 6.47 Å². The lowest BCUT2D eigenvalue weighted by Crippen LogP contribution is -2.43. The second kappa shape index (κ2) is 11.5. The molecule has 1 rings (SSSR count). The lowest BCUT2D eigenvalue weighted by molar-refractivity contribution is -0.156. The van der Waals surface area contributed by atoms with Gasteiger partial charge in [-0.3, -0.25) is 4.79 Å². The van der Waals surface area contributed by atoms with Gasteiger partial charge in [-0.1, -0.05) is 47.5 Å². The van der Waals surface area contributed by atoms with Gasteiger partial charge in [0, 0.05) is 0 Å². The van der Waals surface area contributed by atoms with E-state index in [0.717, 1.165) is 25.7 Å². The van der Waals surface area contributed by atoms with Crippen molar-refractivity contribution >= 4 is 12.4 Å². The molecule has 1 aliphatic carbocycles. The highest BCUT2D eigenvalue weighted by molar-refractivity contribution is 5.77. The highest BCUT2D eigenvalue weighted by atomic mass is 19.1. The van der Waals surface area contributed by atoms with Crippen molar-refractivity contribution in [3.8, 4) is 0 Å². The van der Waals surface area contributed by atoms with Crippen molar-refractivity contribution in [3.05, 3.63) is 0 Å². The minimum Gasteiger partial charge on any atom is -0.479 e. The molecule has 2 unspecified atom stereocenters. The van der Waals surface area contributed by atoms with Crippen LogP contribution < -0.4 is 0 Å². The quantitative estimate of drug-likeness (QED) is 0.583. The minimum absolute atomic E-state index is 0.0827. The molecule has 5 heteroatoms. The molecule has 0 aromatic heterocycles. The lowest BCUT2D eigenvalue weighted by Gasteiger charge is -2.42. The van der Waals surface area contributed by atoms with Gasteiger partial charge >= 0.3 is 5.97 Å². The number of carboxylic acids is 1. The fraction of sp³-hybridized carbons (Fsp3) is 0.900. The van der Waals surface area contributed by atoms with Crippen molar-refractivity contribution in [3.63, 3.8) is 0 Å². The summed E-state index contributed by atoms with van der Waals surface area (Å²) in [4.78, 5) is 20.7. The van der Waals surface area contributed by atoms with E-state index in [1.165, 1.54) is 0 Å². The summed E-state index contributed by atoms with van der Waals surface area (Å²) in [6, 6.07) is 0. The Morgan fingerprint density at radius 2 is 1.80 bits per heavy atom. The Hall–Kier alpha value is -1.13. The Balaban J connectivity index is 0. The Labute approximate surface area is 153 Å². The maximum Gasteiger partial charge on any atom is 0.341 e. The first-order valence-electron chi connectivity index (χ1n) is 9.41. The molecule has 1 N–H and O–H groups in total. The molecule has 0 heterocycles. The summed E-state index contributed by atoms with van der Waals surface area (Å²) < 4.78 is 19.0. The van der Waals surface area contributed by atoms with Gasteiger partial charge in [0.05, 0.1) is 0 Å². The number of ether oxygens (including phenoxy) is 1. The van der Waals surface area contributed by atoms with Crippen LogP contribution in [0, 0.1) is 11.3 Å². The van der Waals surface area contributed by atoms with Gasteiger partial charge in [-0.25, -0.2) is 9.18 Å². The molecular weight excluding hydrogens is 323 g/mol. The molecule has 150 valence electrons. The van der Waals surface area contributed by atoms with E-state index in [9.17, 15) is 14.0 Å². The first-order valence-corrected chi connectivity index (χ1v) is 9.41. The highest BCUT2D eigenvalue weighted by Crippen LogP contribution is 2.48. The molecule has 0 aliphatic heterocycles. The van der Waals surface area contributed by atoms with Crippen LogP contribution in [0.15, 0.2) is 0 Å². The van der Waals surface area contributed by atoms with Gasteiger partial charge in [0.15, 0.2) is 0 Å². The summed E-state index contributed by atoms with van der Waals surface area (Å²) in [5.41, 5.74) is -2.42. The highest BCUT2D eigenvalue weighted by Gasteiger charge is 2.47. The van der Waals surface area contributed by atoms with Crippen LogP contribution in [0.25, 0.3) is 0 Å². The van der Waals surface area contributed by atoms with Crippen LogP contribution in [0.4, 0.5) is 4.39 Å². The van der Waals surface area contributed by atoms with E-state index >= 15 is 0 Å². The van der Waals surface area contributed by atoms with Crippen molar-refractivity contribution in [1.29, 1.82) is 0 Å². The van der Waals surface area contributed by atoms with Gasteiger partial charge in [-0.05, 0) is 57.8 Å². The van der Waals surface area contributed by atoms with Crippen molar-refractivity contribution in [1.82, 2.24) is 0 Å². The molecule has 0 bridgehead atoms. The van der Waals surface area contributed by atoms with Gasteiger partial charge in [-0.2, -0.15) is 0 Å². The Morgan fingerprint density at radius 3 is 2.00 bits per heavy atom. The molecule has 0 radical (unpaired) electrons. The number of halogens is 1. The Kier molecular flexibility index (Phi) is 12.0. The summed E-state index contributed by atoms with van der Waals surface area (Å²) in [6.07, 6.45) is 4.19. The summed E-state index contributed by atoms with van der Waals surface area (Å²) in [5, 5.41) is 9.08. The van der Waals surface area contributed by atoms with Gasteiger partial charge in [0.1, 0.15) is 5.60 Å². The predicted molar refractivity (Wildman–Crippen MR) is 100 cm³/mol. The first-order chi connectivity index (χ1) is 11.4. The monoisotopic (exact) mass is 362 g/mol. The second-order valence-corrected chi connectivity index (χ2v) is 8.16. The van der Waals surface area contributed by atoms with Gasteiger partial charge < -0.3 is 9.84 Å². The van der Waals surface area contributed by atoms with E-state index in [4.69, 9.17) is 5.11 Å². The fourth-order valence-electron chi connectivity index (χ4n) is 2.71. The number of aliphatic carboxylic acids is 1. The zero-order valence-electron chi connectivity index (χ0n) is 17.4. The summed E-state index contributed by atoms with van der Waals surface area (Å²) >= 11 is 0. The molecule has 0 amide bonds. The normalized spacial score (nSPS) is 18.8. The summed E-state index contributed by atoms with van der Waals surface area (Å²) in [6.45, 7) is 15.8. The van der Waals surface area contributed by atoms with Crippen LogP contribution in [0.2, 0.25) is 0 Å². The molecule has 0 saturated heterocycles. The van der Waals surface area contributed by atoms with Crippen LogP contribution in [0.5, 0.6) is 0 Å². The average molecular weight is 363 g/mol. The number of rotatable bonds is 7. The van der Waals surface area contributed by atoms with Crippen LogP contribution in [-0.4, -0.2) is 28.8 Å². The van der Waals surface area contributed by atoms with E-state index < -0.39 is 11.6 Å². The first kappa shape index (κ1) is 26.1. The number of hydrogen-bond donors (Lipinski definition) is 1. The van der Waals surface area contributed by atoms with E-state index in [2.05, 4.69) is 4.74 Å². The molecule has 1 saturated carbocycles. The molecule has 4 nitrogen and oxygen atoms in total. The van der Waals surface area contributed by atoms with Crippen LogP contribution in [0.1, 0.15) is 93.9 Å². The molecule has 2 atom stereocenters. The number of carbonyl (C=O) groups excluding carboxylic acids is 1. The van der Waals surface area contributed by atoms with E-state index in [-0.39, 0.29) is 29.8 Å². The summed E-state index contributed by atoms with van der Waals surface area (Å²) in [7, 11) is 0. The number of hydrogen-bond acceptors (Lipinski definition) is 3. The molecule has 25 heavy (non-hydrogen) atoms. The fourth-order valence-corrected chi connectivity index (χ4v) is 2.71. The number of carbonyl (C=O) groups is 2. The molecule has 0 spiro atoms. The maximum atomic E-state index is 14.5. The third-order valence-electron chi connectivity index (χ3n) is 4.42. The lowest BCUT2D eigenvalue weighted by atomic mass is 9.64. The topological polar surface area (TPSA) is 63.6 Å².